The number of piperidine rings is 2. The van der Waals surface area contributed by atoms with E-state index >= 15 is 0 Å². The summed E-state index contributed by atoms with van der Waals surface area (Å²) in [7, 11) is 2.30. The number of rotatable bonds is 2. The molecule has 0 aliphatic carbocycles. The second kappa shape index (κ2) is 4.65. The largest absolute Gasteiger partial charge is 0.382 e. The Morgan fingerprint density at radius 2 is 1.82 bits per heavy atom. The van der Waals surface area contributed by atoms with Crippen molar-refractivity contribution in [2.45, 2.75) is 50.2 Å². The molecule has 3 nitrogen and oxygen atoms in total. The van der Waals surface area contributed by atoms with Crippen molar-refractivity contribution in [1.29, 1.82) is 0 Å². The molecule has 1 N–H and O–H groups in total. The van der Waals surface area contributed by atoms with Gasteiger partial charge in [-0.3, -0.25) is 4.98 Å². The second-order valence-electron chi connectivity index (χ2n) is 5.45. The third-order valence-electron chi connectivity index (χ3n) is 4.39. The van der Waals surface area contributed by atoms with Crippen LogP contribution in [-0.2, 0) is 0 Å². The lowest BCUT2D eigenvalue weighted by Crippen LogP contribution is -2.52. The molecule has 0 aromatic carbocycles. The highest BCUT2D eigenvalue weighted by atomic mass is 15.2. The molecule has 0 spiro atoms. The number of anilines is 1. The van der Waals surface area contributed by atoms with E-state index in [4.69, 9.17) is 0 Å². The van der Waals surface area contributed by atoms with Crippen LogP contribution >= 0.6 is 0 Å². The molecule has 2 aliphatic rings. The molecule has 3 heterocycles. The molecule has 0 saturated carbocycles. The van der Waals surface area contributed by atoms with E-state index in [1.165, 1.54) is 37.8 Å². The van der Waals surface area contributed by atoms with Crippen molar-refractivity contribution in [3.05, 3.63) is 24.5 Å². The fourth-order valence-electron chi connectivity index (χ4n) is 3.42. The molecule has 3 rings (SSSR count). The molecular weight excluding hydrogens is 210 g/mol. The van der Waals surface area contributed by atoms with Gasteiger partial charge in [0.25, 0.3) is 0 Å². The Morgan fingerprint density at radius 3 is 2.47 bits per heavy atom. The van der Waals surface area contributed by atoms with Gasteiger partial charge >= 0.3 is 0 Å². The summed E-state index contributed by atoms with van der Waals surface area (Å²) in [6.07, 6.45) is 10.5. The minimum Gasteiger partial charge on any atom is -0.382 e. The smallest absolute Gasteiger partial charge is 0.0373 e. The maximum atomic E-state index is 4.06. The van der Waals surface area contributed by atoms with Crippen LogP contribution in [0.5, 0.6) is 0 Å². The number of fused-ring (bicyclic) bond motifs is 2. The molecule has 1 aromatic heterocycles. The number of nitrogens with zero attached hydrogens (tertiary/aromatic N) is 2. The SMILES string of the molecule is CN1C2CCCC1CC(Nc1ccncc1)C2. The number of hydrogen-bond donors (Lipinski definition) is 1. The summed E-state index contributed by atoms with van der Waals surface area (Å²) in [6.45, 7) is 0. The molecule has 2 saturated heterocycles. The van der Waals surface area contributed by atoms with Crippen LogP contribution in [0.1, 0.15) is 32.1 Å². The number of aromatic nitrogens is 1. The molecule has 2 fully saturated rings. The van der Waals surface area contributed by atoms with Gasteiger partial charge in [-0.15, -0.1) is 0 Å². The Morgan fingerprint density at radius 1 is 1.18 bits per heavy atom. The maximum Gasteiger partial charge on any atom is 0.0373 e. The quantitative estimate of drug-likeness (QED) is 0.847. The van der Waals surface area contributed by atoms with E-state index in [1.807, 2.05) is 12.4 Å². The van der Waals surface area contributed by atoms with Crippen LogP contribution in [0.4, 0.5) is 5.69 Å². The van der Waals surface area contributed by atoms with Crippen molar-refractivity contribution >= 4 is 5.69 Å². The Balaban J connectivity index is 1.66. The van der Waals surface area contributed by atoms with Crippen LogP contribution in [-0.4, -0.2) is 35.1 Å². The number of nitrogens with one attached hydrogen (secondary N) is 1. The van der Waals surface area contributed by atoms with Crippen LogP contribution < -0.4 is 5.32 Å². The van der Waals surface area contributed by atoms with Crippen molar-refractivity contribution in [2.75, 3.05) is 12.4 Å². The van der Waals surface area contributed by atoms with Crippen LogP contribution in [0.3, 0.4) is 0 Å². The zero-order valence-electron chi connectivity index (χ0n) is 10.5. The summed E-state index contributed by atoms with van der Waals surface area (Å²) >= 11 is 0. The Bertz CT molecular complexity index is 351. The van der Waals surface area contributed by atoms with E-state index in [-0.39, 0.29) is 0 Å². The highest BCUT2D eigenvalue weighted by Crippen LogP contribution is 2.33. The lowest BCUT2D eigenvalue weighted by atomic mass is 9.82. The van der Waals surface area contributed by atoms with Crippen LogP contribution in [0.2, 0.25) is 0 Å². The fourth-order valence-corrected chi connectivity index (χ4v) is 3.42. The molecule has 3 heteroatoms. The highest BCUT2D eigenvalue weighted by Gasteiger charge is 2.35. The van der Waals surface area contributed by atoms with Gasteiger partial charge in [-0.25, -0.2) is 0 Å². The zero-order valence-corrected chi connectivity index (χ0v) is 10.5. The van der Waals surface area contributed by atoms with Gasteiger partial charge in [0, 0.05) is 36.2 Å². The molecule has 0 amide bonds. The molecule has 0 radical (unpaired) electrons. The molecule has 2 aliphatic heterocycles. The van der Waals surface area contributed by atoms with Gasteiger partial charge in [-0.2, -0.15) is 0 Å². The first-order chi connectivity index (χ1) is 8.33. The Labute approximate surface area is 103 Å². The Hall–Kier alpha value is -1.09. The zero-order chi connectivity index (χ0) is 11.7. The normalized spacial score (nSPS) is 33.4. The van der Waals surface area contributed by atoms with Gasteiger partial charge in [0.2, 0.25) is 0 Å². The Kier molecular flexibility index (Phi) is 3.02. The van der Waals surface area contributed by atoms with Gasteiger partial charge in [0.15, 0.2) is 0 Å². The van der Waals surface area contributed by atoms with Crippen molar-refractivity contribution in [2.24, 2.45) is 0 Å². The van der Waals surface area contributed by atoms with Crippen molar-refractivity contribution in [3.8, 4) is 0 Å². The van der Waals surface area contributed by atoms with Gasteiger partial charge in [-0.1, -0.05) is 6.42 Å². The van der Waals surface area contributed by atoms with E-state index in [2.05, 4.69) is 34.4 Å². The molecular formula is C14H21N3. The van der Waals surface area contributed by atoms with Crippen LogP contribution in [0, 0.1) is 0 Å². The van der Waals surface area contributed by atoms with Crippen molar-refractivity contribution < 1.29 is 0 Å². The summed E-state index contributed by atoms with van der Waals surface area (Å²) in [5, 5.41) is 3.66. The van der Waals surface area contributed by atoms with Crippen molar-refractivity contribution in [3.63, 3.8) is 0 Å². The third kappa shape index (κ3) is 2.29. The van der Waals surface area contributed by atoms with Crippen LogP contribution in [0.25, 0.3) is 0 Å². The van der Waals surface area contributed by atoms with E-state index in [0.717, 1.165) is 12.1 Å². The summed E-state index contributed by atoms with van der Waals surface area (Å²) < 4.78 is 0. The summed E-state index contributed by atoms with van der Waals surface area (Å²) in [5.41, 5.74) is 1.22. The first-order valence-electron chi connectivity index (χ1n) is 6.71. The standard InChI is InChI=1S/C14H21N3/c1-17-13-3-2-4-14(17)10-12(9-13)16-11-5-7-15-8-6-11/h5-8,12-14H,2-4,9-10H2,1H3,(H,15,16). The van der Waals surface area contributed by atoms with Gasteiger partial charge in [-0.05, 0) is 44.9 Å². The molecule has 92 valence electrons. The molecule has 2 bridgehead atoms. The minimum absolute atomic E-state index is 0.643. The third-order valence-corrected chi connectivity index (χ3v) is 4.39. The molecule has 1 aromatic rings. The summed E-state index contributed by atoms with van der Waals surface area (Å²) in [5.74, 6) is 0. The van der Waals surface area contributed by atoms with Gasteiger partial charge in [0.1, 0.15) is 0 Å². The summed E-state index contributed by atoms with van der Waals surface area (Å²) in [6, 6.07) is 6.36. The molecule has 17 heavy (non-hydrogen) atoms. The average Bonchev–Trinajstić information content (AvgIpc) is 2.32. The van der Waals surface area contributed by atoms with E-state index in [0.29, 0.717) is 6.04 Å². The van der Waals surface area contributed by atoms with Crippen molar-refractivity contribution in [1.82, 2.24) is 9.88 Å². The minimum atomic E-state index is 0.643. The first kappa shape index (κ1) is 11.0. The lowest BCUT2D eigenvalue weighted by molar-refractivity contribution is 0.0608. The second-order valence-corrected chi connectivity index (χ2v) is 5.45. The summed E-state index contributed by atoms with van der Waals surface area (Å²) in [4.78, 5) is 6.66. The highest BCUT2D eigenvalue weighted by molar-refractivity contribution is 5.42. The molecule has 2 atom stereocenters. The average molecular weight is 231 g/mol. The molecule has 2 unspecified atom stereocenters. The van der Waals surface area contributed by atoms with E-state index in [1.54, 1.807) is 0 Å². The lowest BCUT2D eigenvalue weighted by Gasteiger charge is -2.47. The fraction of sp³-hybridized carbons (Fsp3) is 0.643. The van der Waals surface area contributed by atoms with E-state index in [9.17, 15) is 0 Å². The topological polar surface area (TPSA) is 28.2 Å². The van der Waals surface area contributed by atoms with E-state index < -0.39 is 0 Å². The predicted molar refractivity (Wildman–Crippen MR) is 70.1 cm³/mol. The predicted octanol–water partition coefficient (Wildman–Crippen LogP) is 2.51. The first-order valence-corrected chi connectivity index (χ1v) is 6.71. The number of pyridine rings is 1. The van der Waals surface area contributed by atoms with Gasteiger partial charge < -0.3 is 10.2 Å². The maximum absolute atomic E-state index is 4.06. The number of hydrogen-bond acceptors (Lipinski definition) is 3. The van der Waals surface area contributed by atoms with Gasteiger partial charge in [0.05, 0.1) is 0 Å². The monoisotopic (exact) mass is 231 g/mol. The van der Waals surface area contributed by atoms with Crippen LogP contribution in [0.15, 0.2) is 24.5 Å².